The van der Waals surface area contributed by atoms with Gasteiger partial charge in [-0.3, -0.25) is 14.6 Å². The average molecular weight is 631 g/mol. The lowest BCUT2D eigenvalue weighted by atomic mass is 9.93. The summed E-state index contributed by atoms with van der Waals surface area (Å²) in [4.78, 5) is 59.1. The molecule has 3 amide bonds. The molecule has 45 heavy (non-hydrogen) atoms. The Labute approximate surface area is 257 Å². The quantitative estimate of drug-likeness (QED) is 0.327. The molecule has 1 aliphatic rings. The summed E-state index contributed by atoms with van der Waals surface area (Å²) >= 11 is 0. The Hall–Kier alpha value is -4.88. The van der Waals surface area contributed by atoms with Gasteiger partial charge in [-0.15, -0.1) is 0 Å². The van der Waals surface area contributed by atoms with Gasteiger partial charge in [-0.25, -0.2) is 9.59 Å². The number of amides is 3. The Morgan fingerprint density at radius 3 is 2.47 bits per heavy atom. The van der Waals surface area contributed by atoms with E-state index < -0.39 is 42.0 Å². The number of carbonyl (C=O) groups excluding carboxylic acids is 4. The maximum Gasteiger partial charge on any atom is 0.493 e. The number of halogens is 3. The number of carbonyl (C=O) groups is 4. The Bertz CT molecular complexity index is 1560. The summed E-state index contributed by atoms with van der Waals surface area (Å²) in [5, 5.41) is 3.71. The van der Waals surface area contributed by atoms with Crippen molar-refractivity contribution >= 4 is 34.8 Å². The molecule has 14 heteroatoms. The molecule has 1 aromatic heterocycles. The molecule has 4 rings (SSSR count). The molecule has 1 fully saturated rings. The van der Waals surface area contributed by atoms with E-state index >= 15 is 0 Å². The highest BCUT2D eigenvalue weighted by molar-refractivity contribution is 5.95. The van der Waals surface area contributed by atoms with Gasteiger partial charge in [0.2, 0.25) is 0 Å². The van der Waals surface area contributed by atoms with E-state index in [1.54, 1.807) is 12.1 Å². The number of aryl methyl sites for hydroxylation is 1. The summed E-state index contributed by atoms with van der Waals surface area (Å²) in [5.41, 5.74) is 2.93. The summed E-state index contributed by atoms with van der Waals surface area (Å²) in [6.07, 6.45) is -6.48. The largest absolute Gasteiger partial charge is 0.493 e. The average Bonchev–Trinajstić information content (AvgIpc) is 3.40. The molecular weight excluding hydrogens is 597 g/mol. The van der Waals surface area contributed by atoms with Crippen LogP contribution in [0, 0.1) is 12.8 Å². The highest BCUT2D eigenvalue weighted by Crippen LogP contribution is 2.27. The zero-order valence-electron chi connectivity index (χ0n) is 24.9. The number of hydrogen-bond acceptors (Lipinski definition) is 8. The second-order valence-electron chi connectivity index (χ2n) is 11.2. The van der Waals surface area contributed by atoms with E-state index in [9.17, 15) is 32.3 Å². The molecule has 2 aromatic carbocycles. The van der Waals surface area contributed by atoms with Crippen molar-refractivity contribution < 1.29 is 46.7 Å². The number of aromatic nitrogens is 1. The molecule has 0 saturated carbocycles. The predicted molar refractivity (Wildman–Crippen MR) is 155 cm³/mol. The molecule has 1 saturated heterocycles. The SMILES string of the molecule is Cc1cc(COc2ccc(C(=O)NC3(CC(=O)NOC(=O)C(F)(F)F)CCN(C(=O)OCC(C)C)C3)cc2)c2ccccc2n1. The zero-order chi connectivity index (χ0) is 32.8. The lowest BCUT2D eigenvalue weighted by molar-refractivity contribution is -0.207. The van der Waals surface area contributed by atoms with Gasteiger partial charge in [0.25, 0.3) is 11.8 Å². The van der Waals surface area contributed by atoms with Gasteiger partial charge in [-0.2, -0.15) is 18.7 Å². The van der Waals surface area contributed by atoms with Crippen molar-refractivity contribution in [1.29, 1.82) is 0 Å². The predicted octanol–water partition coefficient (Wildman–Crippen LogP) is 4.62. The van der Waals surface area contributed by atoms with Gasteiger partial charge in [0.05, 0.1) is 24.1 Å². The van der Waals surface area contributed by atoms with Gasteiger partial charge >= 0.3 is 18.2 Å². The molecule has 0 bridgehead atoms. The third kappa shape index (κ3) is 8.83. The number of nitrogens with zero attached hydrogens (tertiary/aromatic N) is 2. The Morgan fingerprint density at radius 1 is 1.07 bits per heavy atom. The van der Waals surface area contributed by atoms with Crippen LogP contribution in [0.3, 0.4) is 0 Å². The van der Waals surface area contributed by atoms with E-state index in [0.717, 1.165) is 22.2 Å². The van der Waals surface area contributed by atoms with Crippen LogP contribution in [0.15, 0.2) is 54.6 Å². The van der Waals surface area contributed by atoms with Crippen molar-refractivity contribution in [3.63, 3.8) is 0 Å². The second-order valence-corrected chi connectivity index (χ2v) is 11.2. The lowest BCUT2D eigenvalue weighted by Gasteiger charge is -2.30. The number of para-hydroxylation sites is 1. The fraction of sp³-hybridized carbons (Fsp3) is 0.387. The normalized spacial score (nSPS) is 16.4. The van der Waals surface area contributed by atoms with Crippen LogP contribution in [-0.2, 0) is 25.8 Å². The van der Waals surface area contributed by atoms with E-state index in [4.69, 9.17) is 9.47 Å². The van der Waals surface area contributed by atoms with Crippen LogP contribution in [0.25, 0.3) is 10.9 Å². The van der Waals surface area contributed by atoms with Crippen molar-refractivity contribution in [2.75, 3.05) is 19.7 Å². The molecule has 1 aliphatic heterocycles. The topological polar surface area (TPSA) is 136 Å². The number of fused-ring (bicyclic) bond motifs is 1. The molecular formula is C31H33F3N4O7. The molecule has 2 N–H and O–H groups in total. The van der Waals surface area contributed by atoms with Gasteiger partial charge in [0.15, 0.2) is 0 Å². The minimum atomic E-state index is -5.32. The van der Waals surface area contributed by atoms with Crippen molar-refractivity contribution in [2.45, 2.75) is 51.9 Å². The number of pyridine rings is 1. The number of ether oxygens (including phenoxy) is 2. The maximum atomic E-state index is 13.3. The van der Waals surface area contributed by atoms with Gasteiger partial charge < -0.3 is 24.5 Å². The van der Waals surface area contributed by atoms with Crippen molar-refractivity contribution in [3.8, 4) is 5.75 Å². The highest BCUT2D eigenvalue weighted by atomic mass is 19.4. The van der Waals surface area contributed by atoms with Crippen LogP contribution in [0.5, 0.6) is 5.75 Å². The third-order valence-corrected chi connectivity index (χ3v) is 6.96. The first-order chi connectivity index (χ1) is 21.2. The zero-order valence-corrected chi connectivity index (χ0v) is 24.9. The first kappa shape index (κ1) is 33.0. The monoisotopic (exact) mass is 630 g/mol. The smallest absolute Gasteiger partial charge is 0.489 e. The van der Waals surface area contributed by atoms with Crippen LogP contribution in [0.2, 0.25) is 0 Å². The summed E-state index contributed by atoms with van der Waals surface area (Å²) in [6.45, 7) is 5.94. The Balaban J connectivity index is 1.44. The van der Waals surface area contributed by atoms with Crippen LogP contribution in [0.1, 0.15) is 48.3 Å². The van der Waals surface area contributed by atoms with E-state index in [0.29, 0.717) is 5.75 Å². The highest BCUT2D eigenvalue weighted by Gasteiger charge is 2.45. The third-order valence-electron chi connectivity index (χ3n) is 6.96. The number of hydroxylamine groups is 1. The number of rotatable bonds is 9. The summed E-state index contributed by atoms with van der Waals surface area (Å²) < 4.78 is 48.7. The first-order valence-corrected chi connectivity index (χ1v) is 14.1. The molecule has 0 aliphatic carbocycles. The summed E-state index contributed by atoms with van der Waals surface area (Å²) in [7, 11) is 0. The van der Waals surface area contributed by atoms with E-state index in [1.165, 1.54) is 22.5 Å². The van der Waals surface area contributed by atoms with Crippen LogP contribution < -0.4 is 15.5 Å². The molecule has 3 aromatic rings. The maximum absolute atomic E-state index is 13.3. The van der Waals surface area contributed by atoms with Crippen LogP contribution in [0.4, 0.5) is 18.0 Å². The van der Waals surface area contributed by atoms with Crippen LogP contribution in [-0.4, -0.2) is 65.2 Å². The molecule has 1 unspecified atom stereocenters. The number of hydrogen-bond donors (Lipinski definition) is 2. The standard InChI is InChI=1S/C31H33F3N4O7/c1-19(2)16-44-29(42)38-13-12-30(18-38,15-26(39)37-45-28(41)31(32,33)34)36-27(40)21-8-10-23(11-9-21)43-17-22-14-20(3)35-25-7-5-4-6-24(22)25/h4-11,14,19H,12-13,15-18H2,1-3H3,(H,36,40)(H,37,39). The van der Waals surface area contributed by atoms with Crippen molar-refractivity contribution in [3.05, 3.63) is 71.4 Å². The van der Waals surface area contributed by atoms with Gasteiger partial charge in [-0.1, -0.05) is 32.0 Å². The van der Waals surface area contributed by atoms with Gasteiger partial charge in [0, 0.05) is 35.3 Å². The van der Waals surface area contributed by atoms with E-state index in [2.05, 4.69) is 15.1 Å². The van der Waals surface area contributed by atoms with Crippen molar-refractivity contribution in [2.24, 2.45) is 5.92 Å². The molecule has 240 valence electrons. The number of likely N-dealkylation sites (tertiary alicyclic amines) is 1. The molecule has 11 nitrogen and oxygen atoms in total. The van der Waals surface area contributed by atoms with Crippen LogP contribution >= 0.6 is 0 Å². The van der Waals surface area contributed by atoms with E-state index in [1.807, 2.05) is 51.1 Å². The number of alkyl halides is 3. The van der Waals surface area contributed by atoms with Gasteiger partial charge in [-0.05, 0) is 55.7 Å². The lowest BCUT2D eigenvalue weighted by Crippen LogP contribution is -2.53. The second kappa shape index (κ2) is 13.8. The van der Waals surface area contributed by atoms with Crippen molar-refractivity contribution in [1.82, 2.24) is 20.7 Å². The van der Waals surface area contributed by atoms with Gasteiger partial charge in [0.1, 0.15) is 12.4 Å². The summed E-state index contributed by atoms with van der Waals surface area (Å²) in [5.74, 6) is -3.75. The fourth-order valence-corrected chi connectivity index (χ4v) is 4.84. The Kier molecular flexibility index (Phi) is 10.1. The molecule has 0 spiro atoms. The first-order valence-electron chi connectivity index (χ1n) is 14.1. The minimum absolute atomic E-state index is 0.0650. The summed E-state index contributed by atoms with van der Waals surface area (Å²) in [6, 6.07) is 15.9. The molecule has 2 heterocycles. The number of nitrogens with one attached hydrogen (secondary N) is 2. The van der Waals surface area contributed by atoms with E-state index in [-0.39, 0.29) is 44.2 Å². The number of benzene rings is 2. The minimum Gasteiger partial charge on any atom is -0.489 e. The molecule has 0 radical (unpaired) electrons. The molecule has 1 atom stereocenters. The fourth-order valence-electron chi connectivity index (χ4n) is 4.84. The Morgan fingerprint density at radius 2 is 1.78 bits per heavy atom.